The molecule has 0 spiro atoms. The lowest BCUT2D eigenvalue weighted by Crippen LogP contribution is -2.35. The van der Waals surface area contributed by atoms with Crippen LogP contribution >= 0.6 is 15.9 Å². The monoisotopic (exact) mass is 334 g/mol. The average molecular weight is 335 g/mol. The number of carbonyl (C=O) groups is 1. The van der Waals surface area contributed by atoms with Crippen molar-refractivity contribution in [1.29, 1.82) is 0 Å². The minimum absolute atomic E-state index is 0.171. The fourth-order valence-corrected chi connectivity index (χ4v) is 2.89. The van der Waals surface area contributed by atoms with Crippen LogP contribution in [0.25, 0.3) is 0 Å². The highest BCUT2D eigenvalue weighted by Crippen LogP contribution is 2.18. The number of hydrogen-bond donors (Lipinski definition) is 0. The van der Waals surface area contributed by atoms with E-state index in [1.807, 2.05) is 24.3 Å². The molecule has 1 aliphatic rings. The average Bonchev–Trinajstić information content (AvgIpc) is 2.92. The molecule has 0 amide bonds. The van der Waals surface area contributed by atoms with E-state index in [0.717, 1.165) is 42.0 Å². The van der Waals surface area contributed by atoms with E-state index in [1.54, 1.807) is 6.33 Å². The van der Waals surface area contributed by atoms with Gasteiger partial charge in [-0.05, 0) is 6.07 Å². The molecule has 1 aromatic heterocycles. The van der Waals surface area contributed by atoms with Crippen molar-refractivity contribution < 1.29 is 4.79 Å². The molecule has 1 aromatic carbocycles. The van der Waals surface area contributed by atoms with Crippen molar-refractivity contribution in [2.45, 2.75) is 19.5 Å². The summed E-state index contributed by atoms with van der Waals surface area (Å²) in [6.45, 7) is 3.36. The molecule has 2 aromatic rings. The van der Waals surface area contributed by atoms with E-state index in [9.17, 15) is 4.79 Å². The van der Waals surface area contributed by atoms with Gasteiger partial charge in [0, 0.05) is 36.1 Å². The molecule has 0 radical (unpaired) electrons. The Hall–Kier alpha value is -1.53. The number of hydrogen-bond acceptors (Lipinski definition) is 4. The lowest BCUT2D eigenvalue weighted by Gasteiger charge is -2.26. The second-order valence-corrected chi connectivity index (χ2v) is 5.72. The van der Waals surface area contributed by atoms with Crippen LogP contribution in [-0.2, 0) is 13.1 Å². The summed E-state index contributed by atoms with van der Waals surface area (Å²) in [6, 6.07) is 7.57. The summed E-state index contributed by atoms with van der Waals surface area (Å²) >= 11 is 3.42. The lowest BCUT2D eigenvalue weighted by molar-refractivity contribution is 0.0954. The summed E-state index contributed by atoms with van der Waals surface area (Å²) in [5.74, 6) is 1.15. The van der Waals surface area contributed by atoms with Gasteiger partial charge in [-0.2, -0.15) is 0 Å². The van der Waals surface area contributed by atoms with E-state index in [2.05, 4.69) is 35.6 Å². The first-order chi connectivity index (χ1) is 9.74. The van der Waals surface area contributed by atoms with Crippen LogP contribution in [0, 0.1) is 0 Å². The Morgan fingerprint density at radius 3 is 3.00 bits per heavy atom. The van der Waals surface area contributed by atoms with Crippen molar-refractivity contribution in [1.82, 2.24) is 19.7 Å². The molecule has 104 valence electrons. The number of nitrogens with zero attached hydrogens (tertiary/aromatic N) is 4. The van der Waals surface area contributed by atoms with Crippen LogP contribution in [0.2, 0.25) is 0 Å². The van der Waals surface area contributed by atoms with Gasteiger partial charge in [0.05, 0.1) is 6.54 Å². The molecule has 0 saturated carbocycles. The highest BCUT2D eigenvalue weighted by molar-refractivity contribution is 9.10. The van der Waals surface area contributed by atoms with Gasteiger partial charge in [0.2, 0.25) is 0 Å². The van der Waals surface area contributed by atoms with E-state index < -0.39 is 0 Å². The summed E-state index contributed by atoms with van der Waals surface area (Å²) in [7, 11) is 0. The maximum Gasteiger partial charge on any atom is 0.165 e. The molecule has 5 nitrogen and oxygen atoms in total. The molecule has 0 bridgehead atoms. The Balaban J connectivity index is 1.58. The number of Topliss-reactive ketones (excluding diaryl/α,β-unsaturated/α-hetero) is 1. The van der Waals surface area contributed by atoms with Gasteiger partial charge in [-0.15, -0.1) is 10.2 Å². The molecule has 0 aliphatic carbocycles. The smallest absolute Gasteiger partial charge is 0.165 e. The number of ketones is 1. The molecule has 3 rings (SSSR count). The van der Waals surface area contributed by atoms with E-state index >= 15 is 0 Å². The molecule has 6 heteroatoms. The molecule has 20 heavy (non-hydrogen) atoms. The van der Waals surface area contributed by atoms with Gasteiger partial charge >= 0.3 is 0 Å². The molecule has 0 atom stereocenters. The van der Waals surface area contributed by atoms with E-state index in [4.69, 9.17) is 0 Å². The number of halogens is 1. The first kappa shape index (κ1) is 13.5. The first-order valence-corrected chi connectivity index (χ1v) is 7.40. The second kappa shape index (κ2) is 5.85. The number of rotatable bonds is 4. The van der Waals surface area contributed by atoms with E-state index in [-0.39, 0.29) is 5.78 Å². The van der Waals surface area contributed by atoms with Crippen LogP contribution in [-0.4, -0.2) is 38.5 Å². The second-order valence-electron chi connectivity index (χ2n) is 4.87. The largest absolute Gasteiger partial charge is 0.315 e. The molecular formula is C14H15BrN4O. The minimum Gasteiger partial charge on any atom is -0.315 e. The van der Waals surface area contributed by atoms with Crippen LogP contribution in [0.4, 0.5) is 0 Å². The maximum absolute atomic E-state index is 12.2. The minimum atomic E-state index is 0.171. The summed E-state index contributed by atoms with van der Waals surface area (Å²) in [4.78, 5) is 14.5. The third kappa shape index (κ3) is 2.81. The summed E-state index contributed by atoms with van der Waals surface area (Å²) in [6.07, 6.45) is 2.29. The fraction of sp³-hybridized carbons (Fsp3) is 0.357. The molecule has 0 fully saturated rings. The predicted molar refractivity (Wildman–Crippen MR) is 78.4 cm³/mol. The van der Waals surface area contributed by atoms with Crippen molar-refractivity contribution in [2.24, 2.45) is 0 Å². The van der Waals surface area contributed by atoms with E-state index in [0.29, 0.717) is 6.42 Å². The van der Waals surface area contributed by atoms with Crippen LogP contribution < -0.4 is 0 Å². The Labute approximate surface area is 125 Å². The highest BCUT2D eigenvalue weighted by atomic mass is 79.9. The predicted octanol–water partition coefficient (Wildman–Crippen LogP) is 2.13. The SMILES string of the molecule is O=C(CCN1CCn2cnnc2C1)c1ccccc1Br. The molecule has 1 aliphatic heterocycles. The third-order valence-corrected chi connectivity index (χ3v) is 4.24. The zero-order chi connectivity index (χ0) is 13.9. The number of carbonyl (C=O) groups excluding carboxylic acids is 1. The van der Waals surface area contributed by atoms with Crippen molar-refractivity contribution in [3.63, 3.8) is 0 Å². The molecular weight excluding hydrogens is 320 g/mol. The first-order valence-electron chi connectivity index (χ1n) is 6.61. The van der Waals surface area contributed by atoms with Gasteiger partial charge in [-0.25, -0.2) is 0 Å². The molecule has 0 saturated heterocycles. The van der Waals surface area contributed by atoms with Gasteiger partial charge in [0.1, 0.15) is 12.2 Å². The van der Waals surface area contributed by atoms with Crippen molar-refractivity contribution in [2.75, 3.05) is 13.1 Å². The lowest BCUT2D eigenvalue weighted by atomic mass is 10.1. The van der Waals surface area contributed by atoms with Crippen LogP contribution in [0.3, 0.4) is 0 Å². The molecule has 2 heterocycles. The number of benzene rings is 1. The Morgan fingerprint density at radius 1 is 1.30 bits per heavy atom. The summed E-state index contributed by atoms with van der Waals surface area (Å²) in [5.41, 5.74) is 0.757. The number of aromatic nitrogens is 3. The molecule has 0 N–H and O–H groups in total. The van der Waals surface area contributed by atoms with Gasteiger partial charge in [-0.1, -0.05) is 34.1 Å². The highest BCUT2D eigenvalue weighted by Gasteiger charge is 2.18. The maximum atomic E-state index is 12.2. The van der Waals surface area contributed by atoms with Crippen molar-refractivity contribution >= 4 is 21.7 Å². The summed E-state index contributed by atoms with van der Waals surface area (Å²) in [5, 5.41) is 7.99. The summed E-state index contributed by atoms with van der Waals surface area (Å²) < 4.78 is 2.93. The zero-order valence-electron chi connectivity index (χ0n) is 11.0. The molecule has 0 unspecified atom stereocenters. The normalized spacial score (nSPS) is 15.1. The standard InChI is InChI=1S/C14H15BrN4O/c15-12-4-2-1-3-11(12)13(20)5-6-18-7-8-19-10-16-17-14(19)9-18/h1-4,10H,5-9H2. The van der Waals surface area contributed by atoms with Crippen LogP contribution in [0.5, 0.6) is 0 Å². The van der Waals surface area contributed by atoms with Gasteiger partial charge in [-0.3, -0.25) is 9.69 Å². The van der Waals surface area contributed by atoms with Gasteiger partial charge < -0.3 is 4.57 Å². The topological polar surface area (TPSA) is 51.0 Å². The Bertz CT molecular complexity index is 625. The van der Waals surface area contributed by atoms with Gasteiger partial charge in [0.15, 0.2) is 5.78 Å². The van der Waals surface area contributed by atoms with Crippen molar-refractivity contribution in [3.8, 4) is 0 Å². The van der Waals surface area contributed by atoms with Crippen LogP contribution in [0.1, 0.15) is 22.6 Å². The fourth-order valence-electron chi connectivity index (χ4n) is 2.39. The Morgan fingerprint density at radius 2 is 2.15 bits per heavy atom. The quantitative estimate of drug-likeness (QED) is 0.804. The van der Waals surface area contributed by atoms with E-state index in [1.165, 1.54) is 0 Å². The van der Waals surface area contributed by atoms with Crippen molar-refractivity contribution in [3.05, 3.63) is 46.5 Å². The number of fused-ring (bicyclic) bond motifs is 1. The zero-order valence-corrected chi connectivity index (χ0v) is 12.6. The Kier molecular flexibility index (Phi) is 3.93. The van der Waals surface area contributed by atoms with Gasteiger partial charge in [0.25, 0.3) is 0 Å². The third-order valence-electron chi connectivity index (χ3n) is 3.55. The van der Waals surface area contributed by atoms with Crippen LogP contribution in [0.15, 0.2) is 35.1 Å².